The average Bonchev–Trinajstić information content (AvgIpc) is 3.17. The molecule has 0 bridgehead atoms. The molecule has 11 heteroatoms. The molecule has 0 saturated carbocycles. The van der Waals surface area contributed by atoms with Gasteiger partial charge in [0.15, 0.2) is 5.96 Å². The number of hydrogen-bond acceptors (Lipinski definition) is 4. The topological polar surface area (TPSA) is 82.6 Å². The van der Waals surface area contributed by atoms with Gasteiger partial charge in [0.05, 0.1) is 6.54 Å². The van der Waals surface area contributed by atoms with Gasteiger partial charge in [-0.1, -0.05) is 6.07 Å². The van der Waals surface area contributed by atoms with Gasteiger partial charge in [-0.15, -0.1) is 35.3 Å². The first-order valence-corrected chi connectivity index (χ1v) is 10.8. The van der Waals surface area contributed by atoms with E-state index in [2.05, 4.69) is 20.3 Å². The highest BCUT2D eigenvalue weighted by Crippen LogP contribution is 2.14. The van der Waals surface area contributed by atoms with Gasteiger partial charge in [0, 0.05) is 19.6 Å². The van der Waals surface area contributed by atoms with Gasteiger partial charge in [0.25, 0.3) is 0 Å². The van der Waals surface area contributed by atoms with Crippen LogP contribution in [-0.2, 0) is 16.4 Å². The number of halogens is 3. The van der Waals surface area contributed by atoms with Gasteiger partial charge >= 0.3 is 0 Å². The molecule has 2 aromatic rings. The number of thiophene rings is 1. The lowest BCUT2D eigenvalue weighted by atomic mass is 10.1. The second-order valence-electron chi connectivity index (χ2n) is 5.50. The van der Waals surface area contributed by atoms with Crippen molar-refractivity contribution in [1.82, 2.24) is 15.4 Å². The summed E-state index contributed by atoms with van der Waals surface area (Å²) < 4.78 is 53.5. The Kier molecular flexibility index (Phi) is 10.9. The molecule has 0 spiro atoms. The van der Waals surface area contributed by atoms with Crippen LogP contribution in [0.15, 0.2) is 44.9 Å². The lowest BCUT2D eigenvalue weighted by Crippen LogP contribution is -2.39. The molecule has 28 heavy (non-hydrogen) atoms. The molecule has 2 rings (SSSR count). The number of sulfonamides is 1. The number of guanidine groups is 1. The van der Waals surface area contributed by atoms with Crippen LogP contribution in [0, 0.1) is 11.6 Å². The summed E-state index contributed by atoms with van der Waals surface area (Å²) in [6.45, 7) is 3.24. The van der Waals surface area contributed by atoms with Crippen LogP contribution in [0.25, 0.3) is 0 Å². The summed E-state index contributed by atoms with van der Waals surface area (Å²) in [5.74, 6) is -0.460. The van der Waals surface area contributed by atoms with E-state index in [1.807, 2.05) is 6.92 Å². The Morgan fingerprint density at radius 1 is 1.18 bits per heavy atom. The summed E-state index contributed by atoms with van der Waals surface area (Å²) in [7, 11) is -3.51. The van der Waals surface area contributed by atoms with Crippen LogP contribution in [0.5, 0.6) is 0 Å². The van der Waals surface area contributed by atoms with E-state index >= 15 is 0 Å². The van der Waals surface area contributed by atoms with E-state index in [-0.39, 0.29) is 46.8 Å². The standard InChI is InChI=1S/C17H22F2N4O2S2.HI/c1-2-20-17(21-8-7-13-12-14(18)5-6-15(13)19)22-9-10-23-27(24,25)16-4-3-11-26-16;/h3-6,11-12,23H,2,7-10H2,1H3,(H2,20,21,22);1H. The third kappa shape index (κ3) is 7.97. The minimum absolute atomic E-state index is 0. The highest BCUT2D eigenvalue weighted by atomic mass is 127. The Morgan fingerprint density at radius 2 is 1.96 bits per heavy atom. The quantitative estimate of drug-likeness (QED) is 0.196. The van der Waals surface area contributed by atoms with E-state index in [1.165, 1.54) is 12.1 Å². The SMILES string of the molecule is CCNC(=NCCNS(=O)(=O)c1cccs1)NCCc1cc(F)ccc1F.I. The molecule has 0 aliphatic rings. The van der Waals surface area contributed by atoms with Gasteiger partial charge in [-0.3, -0.25) is 4.99 Å². The Balaban J connectivity index is 0.00000392. The predicted molar refractivity (Wildman–Crippen MR) is 119 cm³/mol. The Hall–Kier alpha value is -1.31. The monoisotopic (exact) mass is 544 g/mol. The summed E-state index contributed by atoms with van der Waals surface area (Å²) >= 11 is 1.15. The summed E-state index contributed by atoms with van der Waals surface area (Å²) in [6, 6.07) is 6.55. The Labute approximate surface area is 184 Å². The van der Waals surface area contributed by atoms with Crippen molar-refractivity contribution >= 4 is 51.3 Å². The van der Waals surface area contributed by atoms with Crippen molar-refractivity contribution in [3.63, 3.8) is 0 Å². The number of nitrogens with one attached hydrogen (secondary N) is 3. The zero-order chi connectivity index (χ0) is 19.7. The van der Waals surface area contributed by atoms with E-state index in [1.54, 1.807) is 11.4 Å². The van der Waals surface area contributed by atoms with Gasteiger partial charge in [0.2, 0.25) is 10.0 Å². The number of rotatable bonds is 9. The fraction of sp³-hybridized carbons (Fsp3) is 0.353. The first-order chi connectivity index (χ1) is 12.9. The number of hydrogen-bond donors (Lipinski definition) is 3. The molecular weight excluding hydrogens is 521 g/mol. The molecule has 156 valence electrons. The lowest BCUT2D eigenvalue weighted by molar-refractivity contribution is 0.582. The van der Waals surface area contributed by atoms with Gasteiger partial charge in [0.1, 0.15) is 15.8 Å². The van der Waals surface area contributed by atoms with Gasteiger partial charge in [-0.25, -0.2) is 21.9 Å². The minimum Gasteiger partial charge on any atom is -0.357 e. The van der Waals surface area contributed by atoms with Gasteiger partial charge < -0.3 is 10.6 Å². The molecule has 0 aliphatic carbocycles. The Bertz CT molecular complexity index is 862. The van der Waals surface area contributed by atoms with Crippen LogP contribution < -0.4 is 15.4 Å². The fourth-order valence-electron chi connectivity index (χ4n) is 2.23. The Morgan fingerprint density at radius 3 is 2.64 bits per heavy atom. The zero-order valence-corrected chi connectivity index (χ0v) is 19.2. The second kappa shape index (κ2) is 12.3. The summed E-state index contributed by atoms with van der Waals surface area (Å²) in [5, 5.41) is 7.73. The number of nitrogens with zero attached hydrogens (tertiary/aromatic N) is 1. The van der Waals surface area contributed by atoms with E-state index < -0.39 is 21.7 Å². The normalized spacial score (nSPS) is 11.8. The van der Waals surface area contributed by atoms with Crippen molar-refractivity contribution in [2.75, 3.05) is 26.2 Å². The summed E-state index contributed by atoms with van der Waals surface area (Å²) in [5.41, 5.74) is 0.280. The van der Waals surface area contributed by atoms with Crippen LogP contribution in [0.2, 0.25) is 0 Å². The molecule has 0 saturated heterocycles. The van der Waals surface area contributed by atoms with Crippen molar-refractivity contribution in [2.45, 2.75) is 17.6 Å². The minimum atomic E-state index is -3.51. The van der Waals surface area contributed by atoms with Crippen LogP contribution in [0.4, 0.5) is 8.78 Å². The third-order valence-corrected chi connectivity index (χ3v) is 6.33. The molecule has 0 fully saturated rings. The number of aliphatic imine (C=N–C) groups is 1. The second-order valence-corrected chi connectivity index (χ2v) is 8.44. The predicted octanol–water partition coefficient (Wildman–Crippen LogP) is 2.72. The molecule has 0 unspecified atom stereocenters. The maximum absolute atomic E-state index is 13.6. The largest absolute Gasteiger partial charge is 0.357 e. The highest BCUT2D eigenvalue weighted by Gasteiger charge is 2.13. The van der Waals surface area contributed by atoms with Crippen LogP contribution in [-0.4, -0.2) is 40.6 Å². The maximum Gasteiger partial charge on any atom is 0.250 e. The molecule has 3 N–H and O–H groups in total. The lowest BCUT2D eigenvalue weighted by Gasteiger charge is -2.12. The molecule has 1 aromatic carbocycles. The fourth-order valence-corrected chi connectivity index (χ4v) is 4.29. The maximum atomic E-state index is 13.6. The van der Waals surface area contributed by atoms with E-state index in [0.29, 0.717) is 25.5 Å². The van der Waals surface area contributed by atoms with Crippen molar-refractivity contribution < 1.29 is 17.2 Å². The molecule has 6 nitrogen and oxygen atoms in total. The molecule has 0 radical (unpaired) electrons. The zero-order valence-electron chi connectivity index (χ0n) is 15.2. The highest BCUT2D eigenvalue weighted by molar-refractivity contribution is 14.0. The van der Waals surface area contributed by atoms with E-state index in [0.717, 1.165) is 23.5 Å². The average molecular weight is 544 g/mol. The van der Waals surface area contributed by atoms with E-state index in [4.69, 9.17) is 0 Å². The number of benzene rings is 1. The molecular formula is C17H23F2IN4O2S2. The van der Waals surface area contributed by atoms with Crippen molar-refractivity contribution in [1.29, 1.82) is 0 Å². The van der Waals surface area contributed by atoms with Gasteiger partial charge in [-0.05, 0) is 48.6 Å². The first-order valence-electron chi connectivity index (χ1n) is 8.41. The summed E-state index contributed by atoms with van der Waals surface area (Å²) in [4.78, 5) is 4.27. The smallest absolute Gasteiger partial charge is 0.250 e. The third-order valence-electron chi connectivity index (χ3n) is 3.47. The van der Waals surface area contributed by atoms with Crippen LogP contribution >= 0.6 is 35.3 Å². The molecule has 0 aliphatic heterocycles. The van der Waals surface area contributed by atoms with E-state index in [9.17, 15) is 17.2 Å². The first kappa shape index (κ1) is 24.7. The van der Waals surface area contributed by atoms with Crippen LogP contribution in [0.3, 0.4) is 0 Å². The van der Waals surface area contributed by atoms with Gasteiger partial charge in [-0.2, -0.15) is 0 Å². The van der Waals surface area contributed by atoms with Crippen molar-refractivity contribution in [3.05, 3.63) is 52.9 Å². The molecule has 0 atom stereocenters. The molecule has 1 heterocycles. The van der Waals surface area contributed by atoms with Crippen molar-refractivity contribution in [3.8, 4) is 0 Å². The van der Waals surface area contributed by atoms with Crippen molar-refractivity contribution in [2.24, 2.45) is 4.99 Å². The summed E-state index contributed by atoms with van der Waals surface area (Å²) in [6.07, 6.45) is 0.291. The molecule has 1 aromatic heterocycles. The van der Waals surface area contributed by atoms with Crippen LogP contribution in [0.1, 0.15) is 12.5 Å². The molecule has 0 amide bonds.